The van der Waals surface area contributed by atoms with Crippen LogP contribution in [-0.4, -0.2) is 15.9 Å². The van der Waals surface area contributed by atoms with Crippen LogP contribution in [0.3, 0.4) is 0 Å². The van der Waals surface area contributed by atoms with Gasteiger partial charge in [-0.3, -0.25) is 9.78 Å². The van der Waals surface area contributed by atoms with Crippen LogP contribution in [0.2, 0.25) is 0 Å². The molecule has 1 fully saturated rings. The molecule has 1 saturated carbocycles. The van der Waals surface area contributed by atoms with Gasteiger partial charge < -0.3 is 4.52 Å². The maximum absolute atomic E-state index is 13.0. The van der Waals surface area contributed by atoms with E-state index in [1.165, 1.54) is 5.56 Å². The molecule has 1 aliphatic carbocycles. The Morgan fingerprint density at radius 1 is 1.04 bits per heavy atom. The van der Waals surface area contributed by atoms with E-state index in [2.05, 4.69) is 16.2 Å². The summed E-state index contributed by atoms with van der Waals surface area (Å²) in [6.45, 7) is 0. The Labute approximate surface area is 140 Å². The maximum Gasteiger partial charge on any atom is 0.177 e. The van der Waals surface area contributed by atoms with Crippen LogP contribution in [0.5, 0.6) is 0 Å². The van der Waals surface area contributed by atoms with Gasteiger partial charge in [-0.05, 0) is 36.8 Å². The second kappa shape index (κ2) is 6.40. The monoisotopic (exact) mass is 318 g/mol. The highest BCUT2D eigenvalue weighted by molar-refractivity contribution is 6.02. The van der Waals surface area contributed by atoms with Crippen molar-refractivity contribution in [3.63, 3.8) is 0 Å². The third-order valence-electron chi connectivity index (χ3n) is 4.83. The summed E-state index contributed by atoms with van der Waals surface area (Å²) in [6.07, 6.45) is 8.04. The minimum Gasteiger partial charge on any atom is -0.356 e. The number of carbonyl (C=O) groups excluding carboxylic acids is 1. The van der Waals surface area contributed by atoms with Gasteiger partial charge in [0.25, 0.3) is 0 Å². The van der Waals surface area contributed by atoms with E-state index in [-0.39, 0.29) is 11.7 Å². The molecule has 4 nitrogen and oxygen atoms in total. The van der Waals surface area contributed by atoms with Crippen LogP contribution in [-0.2, 0) is 0 Å². The van der Waals surface area contributed by atoms with Gasteiger partial charge in [-0.25, -0.2) is 0 Å². The standard InChI is InChI=1S/C20H18N2O2/c23-19(16-9-8-15(11-16)17-7-4-10-21-12-17)18-13-22-24-20(18)14-5-2-1-3-6-14/h1-7,10,12-13,15-16H,8-9,11H2. The molecule has 120 valence electrons. The number of pyridine rings is 1. The van der Waals surface area contributed by atoms with Gasteiger partial charge in [0.15, 0.2) is 11.5 Å². The molecule has 1 aromatic carbocycles. The van der Waals surface area contributed by atoms with Crippen LogP contribution in [0.4, 0.5) is 0 Å². The predicted molar refractivity (Wildman–Crippen MR) is 90.6 cm³/mol. The van der Waals surface area contributed by atoms with Crippen molar-refractivity contribution in [3.05, 3.63) is 72.2 Å². The van der Waals surface area contributed by atoms with Crippen molar-refractivity contribution < 1.29 is 9.32 Å². The fourth-order valence-electron chi connectivity index (χ4n) is 3.57. The SMILES string of the molecule is O=C(c1cnoc1-c1ccccc1)C1CCC(c2cccnc2)C1. The predicted octanol–water partition coefficient (Wildman–Crippen LogP) is 4.50. The molecule has 3 aromatic rings. The average Bonchev–Trinajstić information content (AvgIpc) is 3.32. The molecule has 2 atom stereocenters. The molecule has 0 aliphatic heterocycles. The molecule has 0 saturated heterocycles. The van der Waals surface area contributed by atoms with Crippen LogP contribution in [0.25, 0.3) is 11.3 Å². The first-order chi connectivity index (χ1) is 11.8. The molecule has 0 radical (unpaired) electrons. The Bertz CT molecular complexity index is 827. The number of hydrogen-bond donors (Lipinski definition) is 0. The highest BCUT2D eigenvalue weighted by atomic mass is 16.5. The lowest BCUT2D eigenvalue weighted by molar-refractivity contribution is 0.0922. The van der Waals surface area contributed by atoms with Crippen molar-refractivity contribution >= 4 is 5.78 Å². The summed E-state index contributed by atoms with van der Waals surface area (Å²) in [5.74, 6) is 1.15. The van der Waals surface area contributed by atoms with Crippen molar-refractivity contribution in [2.24, 2.45) is 5.92 Å². The Hall–Kier alpha value is -2.75. The molecule has 1 aliphatic rings. The molecule has 4 heteroatoms. The molecular weight excluding hydrogens is 300 g/mol. The number of hydrogen-bond acceptors (Lipinski definition) is 4. The first-order valence-corrected chi connectivity index (χ1v) is 8.27. The third-order valence-corrected chi connectivity index (χ3v) is 4.83. The molecule has 0 N–H and O–H groups in total. The van der Waals surface area contributed by atoms with E-state index in [0.29, 0.717) is 17.2 Å². The molecule has 2 unspecified atom stereocenters. The number of Topliss-reactive ketones (excluding diaryl/α,β-unsaturated/α-hetero) is 1. The molecule has 2 aromatic heterocycles. The van der Waals surface area contributed by atoms with E-state index in [1.807, 2.05) is 42.6 Å². The van der Waals surface area contributed by atoms with Crippen molar-refractivity contribution in [2.75, 3.05) is 0 Å². The third kappa shape index (κ3) is 2.75. The molecule has 0 bridgehead atoms. The van der Waals surface area contributed by atoms with Crippen LogP contribution in [0, 0.1) is 5.92 Å². The summed E-state index contributed by atoms with van der Waals surface area (Å²) in [4.78, 5) is 17.2. The quantitative estimate of drug-likeness (QED) is 0.664. The first kappa shape index (κ1) is 14.8. The van der Waals surface area contributed by atoms with E-state index < -0.39 is 0 Å². The van der Waals surface area contributed by atoms with Crippen LogP contribution in [0.15, 0.2) is 65.6 Å². The van der Waals surface area contributed by atoms with Crippen LogP contribution < -0.4 is 0 Å². The zero-order valence-corrected chi connectivity index (χ0v) is 13.3. The lowest BCUT2D eigenvalue weighted by Gasteiger charge is -2.10. The van der Waals surface area contributed by atoms with E-state index in [0.717, 1.165) is 24.8 Å². The van der Waals surface area contributed by atoms with Gasteiger partial charge in [0, 0.05) is 23.9 Å². The fourth-order valence-corrected chi connectivity index (χ4v) is 3.57. The van der Waals surface area contributed by atoms with Crippen LogP contribution in [0.1, 0.15) is 41.1 Å². The van der Waals surface area contributed by atoms with Gasteiger partial charge in [0.1, 0.15) is 0 Å². The molecular formula is C20H18N2O2. The van der Waals surface area contributed by atoms with E-state index in [1.54, 1.807) is 12.4 Å². The normalized spacial score (nSPS) is 20.2. The van der Waals surface area contributed by atoms with Crippen molar-refractivity contribution in [3.8, 4) is 11.3 Å². The lowest BCUT2D eigenvalue weighted by atomic mass is 9.92. The number of nitrogens with zero attached hydrogens (tertiary/aromatic N) is 2. The second-order valence-corrected chi connectivity index (χ2v) is 6.29. The Kier molecular flexibility index (Phi) is 3.95. The van der Waals surface area contributed by atoms with Crippen molar-refractivity contribution in [2.45, 2.75) is 25.2 Å². The van der Waals surface area contributed by atoms with Gasteiger partial charge in [0.05, 0.1) is 11.8 Å². The minimum absolute atomic E-state index is 0.0251. The Balaban J connectivity index is 1.55. The molecule has 2 heterocycles. The summed E-state index contributed by atoms with van der Waals surface area (Å²) < 4.78 is 5.36. The van der Waals surface area contributed by atoms with Crippen LogP contribution >= 0.6 is 0 Å². The van der Waals surface area contributed by atoms with E-state index in [4.69, 9.17) is 4.52 Å². The summed E-state index contributed by atoms with van der Waals surface area (Å²) >= 11 is 0. The number of aromatic nitrogens is 2. The highest BCUT2D eigenvalue weighted by Crippen LogP contribution is 2.40. The Morgan fingerprint density at radius 2 is 1.92 bits per heavy atom. The molecule has 4 rings (SSSR count). The molecule has 0 amide bonds. The summed E-state index contributed by atoms with van der Waals surface area (Å²) in [5, 5.41) is 3.86. The second-order valence-electron chi connectivity index (χ2n) is 6.29. The van der Waals surface area contributed by atoms with E-state index >= 15 is 0 Å². The molecule has 24 heavy (non-hydrogen) atoms. The number of rotatable bonds is 4. The zero-order chi connectivity index (χ0) is 16.4. The highest BCUT2D eigenvalue weighted by Gasteiger charge is 2.33. The van der Waals surface area contributed by atoms with Gasteiger partial charge in [-0.15, -0.1) is 0 Å². The average molecular weight is 318 g/mol. The number of ketones is 1. The van der Waals surface area contributed by atoms with Crippen molar-refractivity contribution in [1.29, 1.82) is 0 Å². The summed E-state index contributed by atoms with van der Waals surface area (Å²) in [6, 6.07) is 13.7. The van der Waals surface area contributed by atoms with Gasteiger partial charge in [-0.1, -0.05) is 41.6 Å². The molecule has 0 spiro atoms. The van der Waals surface area contributed by atoms with Gasteiger partial charge in [0.2, 0.25) is 0 Å². The van der Waals surface area contributed by atoms with Crippen molar-refractivity contribution in [1.82, 2.24) is 10.1 Å². The largest absolute Gasteiger partial charge is 0.356 e. The number of benzene rings is 1. The Morgan fingerprint density at radius 3 is 2.71 bits per heavy atom. The lowest BCUT2D eigenvalue weighted by Crippen LogP contribution is -2.12. The fraction of sp³-hybridized carbons (Fsp3) is 0.250. The topological polar surface area (TPSA) is 56.0 Å². The summed E-state index contributed by atoms with van der Waals surface area (Å²) in [5.41, 5.74) is 2.71. The van der Waals surface area contributed by atoms with Gasteiger partial charge >= 0.3 is 0 Å². The minimum atomic E-state index is 0.0251. The number of carbonyl (C=O) groups is 1. The maximum atomic E-state index is 13.0. The van der Waals surface area contributed by atoms with Gasteiger partial charge in [-0.2, -0.15) is 0 Å². The zero-order valence-electron chi connectivity index (χ0n) is 13.3. The summed E-state index contributed by atoms with van der Waals surface area (Å²) in [7, 11) is 0. The smallest absolute Gasteiger partial charge is 0.177 e. The van der Waals surface area contributed by atoms with E-state index in [9.17, 15) is 4.79 Å². The first-order valence-electron chi connectivity index (χ1n) is 8.27.